The molecule has 0 aliphatic carbocycles. The van der Waals surface area contributed by atoms with Crippen molar-refractivity contribution in [1.82, 2.24) is 0 Å². The van der Waals surface area contributed by atoms with E-state index in [1.165, 1.54) is 0 Å². The molecule has 0 amide bonds. The maximum absolute atomic E-state index is 11.5. The van der Waals surface area contributed by atoms with Gasteiger partial charge in [-0.05, 0) is 18.9 Å². The molecule has 0 bridgehead atoms. The van der Waals surface area contributed by atoms with Gasteiger partial charge in [0.15, 0.2) is 6.61 Å². The Morgan fingerprint density at radius 3 is 2.74 bits per heavy atom. The lowest BCUT2D eigenvalue weighted by Crippen LogP contribution is -2.17. The highest BCUT2D eigenvalue weighted by Gasteiger charge is 2.11. The van der Waals surface area contributed by atoms with Crippen LogP contribution in [-0.2, 0) is 9.53 Å². The predicted molar refractivity (Wildman–Crippen MR) is 75.0 cm³/mol. The Morgan fingerprint density at radius 2 is 2.05 bits per heavy atom. The predicted octanol–water partition coefficient (Wildman–Crippen LogP) is 2.82. The van der Waals surface area contributed by atoms with E-state index in [0.29, 0.717) is 12.4 Å². The van der Waals surface area contributed by atoms with E-state index in [9.17, 15) is 4.79 Å². The van der Waals surface area contributed by atoms with Gasteiger partial charge in [0.05, 0.1) is 6.61 Å². The van der Waals surface area contributed by atoms with Crippen molar-refractivity contribution in [3.8, 4) is 5.75 Å². The zero-order valence-electron chi connectivity index (χ0n) is 11.7. The van der Waals surface area contributed by atoms with E-state index in [2.05, 4.69) is 0 Å². The van der Waals surface area contributed by atoms with Crippen LogP contribution in [0.3, 0.4) is 0 Å². The molecule has 0 fully saturated rings. The van der Waals surface area contributed by atoms with E-state index in [-0.39, 0.29) is 18.6 Å². The van der Waals surface area contributed by atoms with E-state index in [4.69, 9.17) is 15.2 Å². The summed E-state index contributed by atoms with van der Waals surface area (Å²) in [4.78, 5) is 11.5. The van der Waals surface area contributed by atoms with Crippen molar-refractivity contribution in [3.05, 3.63) is 29.8 Å². The van der Waals surface area contributed by atoms with Crippen molar-refractivity contribution >= 4 is 5.97 Å². The minimum absolute atomic E-state index is 0.0723. The van der Waals surface area contributed by atoms with Crippen molar-refractivity contribution in [3.63, 3.8) is 0 Å². The second-order valence-corrected chi connectivity index (χ2v) is 4.42. The molecule has 1 aromatic carbocycles. The first-order valence-electron chi connectivity index (χ1n) is 6.82. The maximum atomic E-state index is 11.5. The van der Waals surface area contributed by atoms with Crippen molar-refractivity contribution in [2.45, 2.75) is 39.2 Å². The zero-order chi connectivity index (χ0) is 14.1. The smallest absolute Gasteiger partial charge is 0.344 e. The van der Waals surface area contributed by atoms with Gasteiger partial charge in [-0.15, -0.1) is 0 Å². The van der Waals surface area contributed by atoms with E-state index in [1.54, 1.807) is 0 Å². The van der Waals surface area contributed by atoms with Crippen molar-refractivity contribution in [2.75, 3.05) is 13.2 Å². The van der Waals surface area contributed by atoms with Gasteiger partial charge in [0.25, 0.3) is 0 Å². The van der Waals surface area contributed by atoms with Crippen LogP contribution in [0, 0.1) is 0 Å². The zero-order valence-corrected chi connectivity index (χ0v) is 11.7. The summed E-state index contributed by atoms with van der Waals surface area (Å²) >= 11 is 0. The largest absolute Gasteiger partial charge is 0.482 e. The highest BCUT2D eigenvalue weighted by Crippen LogP contribution is 2.25. The lowest BCUT2D eigenvalue weighted by Gasteiger charge is -2.15. The Morgan fingerprint density at radius 1 is 1.32 bits per heavy atom. The normalized spacial score (nSPS) is 11.9. The lowest BCUT2D eigenvalue weighted by molar-refractivity contribution is -0.146. The molecule has 1 aromatic rings. The lowest BCUT2D eigenvalue weighted by atomic mass is 10.0. The molecular weight excluding hydrogens is 242 g/mol. The molecule has 4 nitrogen and oxygen atoms in total. The summed E-state index contributed by atoms with van der Waals surface area (Å²) in [6, 6.07) is 7.45. The van der Waals surface area contributed by atoms with E-state index < -0.39 is 0 Å². The fourth-order valence-corrected chi connectivity index (χ4v) is 1.65. The van der Waals surface area contributed by atoms with Crippen molar-refractivity contribution in [2.24, 2.45) is 5.73 Å². The van der Waals surface area contributed by atoms with Gasteiger partial charge >= 0.3 is 5.97 Å². The summed E-state index contributed by atoms with van der Waals surface area (Å²) in [7, 11) is 0. The number of ether oxygens (including phenoxy) is 2. The number of carbonyl (C=O) groups is 1. The van der Waals surface area contributed by atoms with Crippen LogP contribution in [0.1, 0.15) is 44.7 Å². The molecule has 1 rings (SSSR count). The molecule has 19 heavy (non-hydrogen) atoms. The Balaban J connectivity index is 2.50. The molecular formula is C15H23NO3. The van der Waals surface area contributed by atoms with Crippen molar-refractivity contribution < 1.29 is 14.3 Å². The molecule has 4 heteroatoms. The molecule has 0 heterocycles. The number of rotatable bonds is 8. The van der Waals surface area contributed by atoms with Gasteiger partial charge in [-0.2, -0.15) is 0 Å². The molecule has 0 aliphatic rings. The van der Waals surface area contributed by atoms with Gasteiger partial charge in [0.1, 0.15) is 5.75 Å². The Hall–Kier alpha value is -1.55. The molecule has 0 saturated carbocycles. The first-order valence-corrected chi connectivity index (χ1v) is 6.82. The quantitative estimate of drug-likeness (QED) is 0.580. The van der Waals surface area contributed by atoms with E-state index >= 15 is 0 Å². The monoisotopic (exact) mass is 265 g/mol. The standard InChI is InChI=1S/C15H23NO3/c1-3-5-10-18-15(17)11-19-14-9-7-6-8-12(14)13(16)4-2/h6-9,13H,3-5,10-11,16H2,1-2H3. The SMILES string of the molecule is CCCCOC(=O)COc1ccccc1C(N)CC. The fourth-order valence-electron chi connectivity index (χ4n) is 1.65. The Labute approximate surface area is 114 Å². The van der Waals surface area contributed by atoms with Crippen LogP contribution >= 0.6 is 0 Å². The number of hydrogen-bond donors (Lipinski definition) is 1. The number of nitrogens with two attached hydrogens (primary N) is 1. The van der Waals surface area contributed by atoms with Gasteiger partial charge in [-0.25, -0.2) is 4.79 Å². The molecule has 0 radical (unpaired) electrons. The highest BCUT2D eigenvalue weighted by molar-refractivity contribution is 5.71. The van der Waals surface area contributed by atoms with Crippen LogP contribution in [0.15, 0.2) is 24.3 Å². The average Bonchev–Trinajstić information content (AvgIpc) is 2.45. The molecule has 0 saturated heterocycles. The highest BCUT2D eigenvalue weighted by atomic mass is 16.6. The fraction of sp³-hybridized carbons (Fsp3) is 0.533. The van der Waals surface area contributed by atoms with Gasteiger partial charge in [0, 0.05) is 11.6 Å². The number of carbonyl (C=O) groups excluding carboxylic acids is 1. The third-order valence-electron chi connectivity index (χ3n) is 2.86. The summed E-state index contributed by atoms with van der Waals surface area (Å²) in [6.07, 6.45) is 2.70. The second-order valence-electron chi connectivity index (χ2n) is 4.42. The van der Waals surface area contributed by atoms with Crippen LogP contribution in [0.5, 0.6) is 5.75 Å². The number of para-hydroxylation sites is 1. The van der Waals surface area contributed by atoms with Crippen molar-refractivity contribution in [1.29, 1.82) is 0 Å². The first-order chi connectivity index (χ1) is 9.19. The average molecular weight is 265 g/mol. The van der Waals surface area contributed by atoms with Crippen LogP contribution in [0.2, 0.25) is 0 Å². The summed E-state index contributed by atoms with van der Waals surface area (Å²) < 4.78 is 10.5. The van der Waals surface area contributed by atoms with Gasteiger partial charge < -0.3 is 15.2 Å². The number of benzene rings is 1. The minimum atomic E-state index is -0.340. The van der Waals surface area contributed by atoms with Crippen LogP contribution in [0.4, 0.5) is 0 Å². The maximum Gasteiger partial charge on any atom is 0.344 e. The molecule has 1 atom stereocenters. The topological polar surface area (TPSA) is 61.5 Å². The third-order valence-corrected chi connectivity index (χ3v) is 2.86. The summed E-state index contributed by atoms with van der Waals surface area (Å²) in [5.41, 5.74) is 6.93. The van der Waals surface area contributed by atoms with Crippen LogP contribution in [0.25, 0.3) is 0 Å². The third kappa shape index (κ3) is 5.30. The first kappa shape index (κ1) is 15.5. The minimum Gasteiger partial charge on any atom is -0.482 e. The van der Waals surface area contributed by atoms with Gasteiger partial charge in [-0.1, -0.05) is 38.5 Å². The summed E-state index contributed by atoms with van der Waals surface area (Å²) in [5.74, 6) is 0.317. The molecule has 1 unspecified atom stereocenters. The van der Waals surface area contributed by atoms with Crippen LogP contribution < -0.4 is 10.5 Å². The summed E-state index contributed by atoms with van der Waals surface area (Å²) in [6.45, 7) is 4.44. The molecule has 0 aliphatic heterocycles. The molecule has 2 N–H and O–H groups in total. The molecule has 0 aromatic heterocycles. The van der Waals surface area contributed by atoms with Gasteiger partial charge in [0.2, 0.25) is 0 Å². The summed E-state index contributed by atoms with van der Waals surface area (Å²) in [5, 5.41) is 0. The number of hydrogen-bond acceptors (Lipinski definition) is 4. The van der Waals surface area contributed by atoms with E-state index in [1.807, 2.05) is 38.1 Å². The Bertz CT molecular complexity index is 393. The number of unbranched alkanes of at least 4 members (excludes halogenated alkanes) is 1. The Kier molecular flexibility index (Phi) is 6.97. The van der Waals surface area contributed by atoms with Gasteiger partial charge in [-0.3, -0.25) is 0 Å². The second kappa shape index (κ2) is 8.53. The number of esters is 1. The van der Waals surface area contributed by atoms with Crippen LogP contribution in [-0.4, -0.2) is 19.2 Å². The molecule has 0 spiro atoms. The molecule has 106 valence electrons. The van der Waals surface area contributed by atoms with E-state index in [0.717, 1.165) is 24.8 Å².